The molecule has 3 aromatic rings. The van der Waals surface area contributed by atoms with Crippen LogP contribution in [0.25, 0.3) is 11.1 Å². The highest BCUT2D eigenvalue weighted by Gasteiger charge is 2.20. The Morgan fingerprint density at radius 1 is 1.04 bits per heavy atom. The summed E-state index contributed by atoms with van der Waals surface area (Å²) in [5.41, 5.74) is 4.07. The Morgan fingerprint density at radius 3 is 2.62 bits per heavy atom. The first-order valence-electron chi connectivity index (χ1n) is 8.34. The zero-order chi connectivity index (χ0) is 18.1. The van der Waals surface area contributed by atoms with Crippen molar-refractivity contribution in [1.82, 2.24) is 19.9 Å². The molecule has 0 saturated heterocycles. The average Bonchev–Trinajstić information content (AvgIpc) is 3.09. The molecular formula is C19H16F2N4O. The van der Waals surface area contributed by atoms with Crippen LogP contribution in [0.4, 0.5) is 8.78 Å². The van der Waals surface area contributed by atoms with Crippen LogP contribution in [0, 0.1) is 18.6 Å². The van der Waals surface area contributed by atoms with Gasteiger partial charge < -0.3 is 4.74 Å². The summed E-state index contributed by atoms with van der Waals surface area (Å²) in [6.45, 7) is 1.71. The Balaban J connectivity index is 1.65. The number of fused-ring (bicyclic) bond motifs is 1. The van der Waals surface area contributed by atoms with Gasteiger partial charge >= 0.3 is 0 Å². The molecule has 0 aliphatic heterocycles. The van der Waals surface area contributed by atoms with E-state index in [4.69, 9.17) is 4.74 Å². The van der Waals surface area contributed by atoms with Crippen LogP contribution in [0.1, 0.15) is 29.2 Å². The van der Waals surface area contributed by atoms with Gasteiger partial charge in [-0.3, -0.25) is 4.98 Å². The normalized spacial score (nSPS) is 12.9. The predicted octanol–water partition coefficient (Wildman–Crippen LogP) is 3.59. The van der Waals surface area contributed by atoms with Crippen molar-refractivity contribution in [2.75, 3.05) is 0 Å². The van der Waals surface area contributed by atoms with Crippen molar-refractivity contribution >= 4 is 0 Å². The molecule has 0 unspecified atom stereocenters. The Hall–Kier alpha value is -2.96. The number of aromatic nitrogens is 4. The lowest BCUT2D eigenvalue weighted by atomic mass is 10.0. The molecule has 0 radical (unpaired) electrons. The maximum atomic E-state index is 13.7. The SMILES string of the molecule is Cc1ncc(-c2cc(OCc3ncc(F)cc3F)nc3c2CCC3)cn1. The first-order valence-corrected chi connectivity index (χ1v) is 8.34. The van der Waals surface area contributed by atoms with Gasteiger partial charge in [0.25, 0.3) is 0 Å². The minimum atomic E-state index is -0.738. The van der Waals surface area contributed by atoms with E-state index in [1.807, 2.05) is 13.0 Å². The summed E-state index contributed by atoms with van der Waals surface area (Å²) in [4.78, 5) is 16.8. The summed E-state index contributed by atoms with van der Waals surface area (Å²) in [6, 6.07) is 2.61. The monoisotopic (exact) mass is 354 g/mol. The summed E-state index contributed by atoms with van der Waals surface area (Å²) in [5, 5.41) is 0. The third kappa shape index (κ3) is 3.24. The summed E-state index contributed by atoms with van der Waals surface area (Å²) in [6.07, 6.45) is 7.37. The first-order chi connectivity index (χ1) is 12.6. The Morgan fingerprint density at radius 2 is 1.85 bits per heavy atom. The Labute approximate surface area is 149 Å². The molecule has 26 heavy (non-hydrogen) atoms. The van der Waals surface area contributed by atoms with Gasteiger partial charge in [0.15, 0.2) is 5.82 Å². The predicted molar refractivity (Wildman–Crippen MR) is 90.5 cm³/mol. The maximum absolute atomic E-state index is 13.7. The van der Waals surface area contributed by atoms with Crippen molar-refractivity contribution < 1.29 is 13.5 Å². The molecule has 0 N–H and O–H groups in total. The van der Waals surface area contributed by atoms with Crippen LogP contribution < -0.4 is 4.74 Å². The number of ether oxygens (including phenoxy) is 1. The number of halogens is 2. The number of rotatable bonds is 4. The molecule has 0 aromatic carbocycles. The first kappa shape index (κ1) is 16.5. The molecule has 4 rings (SSSR count). The third-order valence-electron chi connectivity index (χ3n) is 4.36. The fraction of sp³-hybridized carbons (Fsp3) is 0.263. The number of hydrogen-bond acceptors (Lipinski definition) is 5. The van der Waals surface area contributed by atoms with Crippen LogP contribution in [0.5, 0.6) is 5.88 Å². The average molecular weight is 354 g/mol. The third-order valence-corrected chi connectivity index (χ3v) is 4.36. The highest BCUT2D eigenvalue weighted by Crippen LogP contribution is 2.33. The van der Waals surface area contributed by atoms with Gasteiger partial charge in [-0.05, 0) is 37.3 Å². The molecule has 1 aliphatic rings. The molecule has 0 spiro atoms. The second-order valence-corrected chi connectivity index (χ2v) is 6.18. The Bertz CT molecular complexity index is 960. The lowest BCUT2D eigenvalue weighted by Crippen LogP contribution is -2.05. The number of nitrogens with zero attached hydrogens (tertiary/aromatic N) is 4. The molecule has 0 fully saturated rings. The zero-order valence-corrected chi connectivity index (χ0v) is 14.2. The maximum Gasteiger partial charge on any atom is 0.214 e. The number of aryl methyl sites for hydroxylation is 2. The zero-order valence-electron chi connectivity index (χ0n) is 14.2. The lowest BCUT2D eigenvalue weighted by Gasteiger charge is -2.12. The van der Waals surface area contributed by atoms with Crippen molar-refractivity contribution in [3.63, 3.8) is 0 Å². The summed E-state index contributed by atoms with van der Waals surface area (Å²) in [7, 11) is 0. The molecule has 7 heteroatoms. The molecule has 0 amide bonds. The van der Waals surface area contributed by atoms with E-state index in [0.717, 1.165) is 48.3 Å². The summed E-state index contributed by atoms with van der Waals surface area (Å²) < 4.78 is 32.3. The van der Waals surface area contributed by atoms with Crippen molar-refractivity contribution in [3.05, 3.63) is 65.1 Å². The van der Waals surface area contributed by atoms with Crippen molar-refractivity contribution in [2.24, 2.45) is 0 Å². The van der Waals surface area contributed by atoms with Crippen molar-refractivity contribution in [1.29, 1.82) is 0 Å². The fourth-order valence-corrected chi connectivity index (χ4v) is 3.07. The van der Waals surface area contributed by atoms with E-state index in [0.29, 0.717) is 11.7 Å². The Kier molecular flexibility index (Phi) is 4.28. The van der Waals surface area contributed by atoms with Crippen LogP contribution in [0.2, 0.25) is 0 Å². The molecular weight excluding hydrogens is 338 g/mol. The molecule has 0 bridgehead atoms. The standard InChI is InChI=1S/C19H16F2N4O/c1-11-22-7-12(8-23-11)15-6-19(25-17-4-2-3-14(15)17)26-10-18-16(21)5-13(20)9-24-18/h5-9H,2-4,10H2,1H3. The van der Waals surface area contributed by atoms with Crippen LogP contribution in [0.3, 0.4) is 0 Å². The minimum absolute atomic E-state index is 0.0360. The van der Waals surface area contributed by atoms with E-state index in [2.05, 4.69) is 19.9 Å². The highest BCUT2D eigenvalue weighted by molar-refractivity contribution is 5.68. The van der Waals surface area contributed by atoms with Gasteiger partial charge in [0, 0.05) is 35.8 Å². The fourth-order valence-electron chi connectivity index (χ4n) is 3.07. The highest BCUT2D eigenvalue weighted by atomic mass is 19.1. The number of hydrogen-bond donors (Lipinski definition) is 0. The van der Waals surface area contributed by atoms with Crippen LogP contribution in [-0.4, -0.2) is 19.9 Å². The van der Waals surface area contributed by atoms with E-state index in [9.17, 15) is 8.78 Å². The van der Waals surface area contributed by atoms with E-state index in [-0.39, 0.29) is 12.3 Å². The molecule has 3 heterocycles. The smallest absolute Gasteiger partial charge is 0.214 e. The van der Waals surface area contributed by atoms with Crippen LogP contribution >= 0.6 is 0 Å². The quantitative estimate of drug-likeness (QED) is 0.717. The minimum Gasteiger partial charge on any atom is -0.471 e. The number of pyridine rings is 2. The van der Waals surface area contributed by atoms with Crippen LogP contribution in [0.15, 0.2) is 30.7 Å². The van der Waals surface area contributed by atoms with Gasteiger partial charge in [-0.2, -0.15) is 0 Å². The van der Waals surface area contributed by atoms with Gasteiger partial charge in [-0.1, -0.05) is 0 Å². The summed E-state index contributed by atoms with van der Waals surface area (Å²) in [5.74, 6) is -0.373. The topological polar surface area (TPSA) is 60.8 Å². The van der Waals surface area contributed by atoms with E-state index in [1.165, 1.54) is 5.56 Å². The van der Waals surface area contributed by atoms with E-state index < -0.39 is 11.6 Å². The molecule has 0 saturated carbocycles. The van der Waals surface area contributed by atoms with E-state index in [1.54, 1.807) is 12.4 Å². The van der Waals surface area contributed by atoms with Gasteiger partial charge in [-0.15, -0.1) is 0 Å². The van der Waals surface area contributed by atoms with Gasteiger partial charge in [0.2, 0.25) is 5.88 Å². The van der Waals surface area contributed by atoms with E-state index >= 15 is 0 Å². The second kappa shape index (κ2) is 6.74. The van der Waals surface area contributed by atoms with Crippen LogP contribution in [-0.2, 0) is 19.4 Å². The van der Waals surface area contributed by atoms with Gasteiger partial charge in [0.1, 0.15) is 23.9 Å². The molecule has 132 valence electrons. The molecule has 3 aromatic heterocycles. The summed E-state index contributed by atoms with van der Waals surface area (Å²) >= 11 is 0. The molecule has 1 aliphatic carbocycles. The van der Waals surface area contributed by atoms with Gasteiger partial charge in [-0.25, -0.2) is 23.7 Å². The van der Waals surface area contributed by atoms with Crippen molar-refractivity contribution in [2.45, 2.75) is 32.8 Å². The largest absolute Gasteiger partial charge is 0.471 e. The lowest BCUT2D eigenvalue weighted by molar-refractivity contribution is 0.281. The van der Waals surface area contributed by atoms with Gasteiger partial charge in [0.05, 0.1) is 6.20 Å². The second-order valence-electron chi connectivity index (χ2n) is 6.18. The van der Waals surface area contributed by atoms with Crippen molar-refractivity contribution in [3.8, 4) is 17.0 Å². The molecule has 0 atom stereocenters. The molecule has 5 nitrogen and oxygen atoms in total.